The van der Waals surface area contributed by atoms with Crippen molar-refractivity contribution >= 4 is 26.6 Å². The fourth-order valence-corrected chi connectivity index (χ4v) is 4.13. The van der Waals surface area contributed by atoms with E-state index in [1.54, 1.807) is 24.3 Å². The third-order valence-corrected chi connectivity index (χ3v) is 5.69. The normalized spacial score (nSPS) is 10.7. The maximum atomic E-state index is 11.1. The van der Waals surface area contributed by atoms with Crippen LogP contribution in [0.5, 0.6) is 0 Å². The second-order valence-corrected chi connectivity index (χ2v) is 7.24. The summed E-state index contributed by atoms with van der Waals surface area (Å²) in [6.07, 6.45) is 0. The van der Waals surface area contributed by atoms with Gasteiger partial charge in [-0.3, -0.25) is 0 Å². The van der Waals surface area contributed by atoms with Gasteiger partial charge in [0.25, 0.3) is 0 Å². The van der Waals surface area contributed by atoms with E-state index in [1.165, 1.54) is 5.19 Å². The van der Waals surface area contributed by atoms with E-state index in [0.717, 1.165) is 11.1 Å². The van der Waals surface area contributed by atoms with Crippen LogP contribution in [0.15, 0.2) is 78.9 Å². The molecule has 5 heteroatoms. The largest absolute Gasteiger partial charge is 0.478 e. The van der Waals surface area contributed by atoms with E-state index in [-0.39, 0.29) is 16.7 Å². The van der Waals surface area contributed by atoms with Crippen LogP contribution in [0.4, 0.5) is 0 Å². The summed E-state index contributed by atoms with van der Waals surface area (Å²) in [5.74, 6) is -1.91. The van der Waals surface area contributed by atoms with Gasteiger partial charge in [-0.25, -0.2) is 9.59 Å². The maximum Gasteiger partial charge on any atom is 0.335 e. The highest BCUT2D eigenvalue weighted by Gasteiger charge is 2.17. The molecule has 3 rings (SSSR count). The minimum absolute atomic E-state index is 0.0306. The molecule has 26 heavy (non-hydrogen) atoms. The monoisotopic (exact) mass is 360 g/mol. The number of aromatic carboxylic acids is 2. The number of hydrogen-bond donors (Lipinski definition) is 2. The molecule has 0 heterocycles. The van der Waals surface area contributed by atoms with E-state index in [1.807, 2.05) is 42.5 Å². The zero-order valence-electron chi connectivity index (χ0n) is 13.8. The fourth-order valence-electron chi connectivity index (χ4n) is 2.70. The van der Waals surface area contributed by atoms with Gasteiger partial charge in [0.15, 0.2) is 0 Å². The second kappa shape index (κ2) is 7.80. The number of hydrogen-bond acceptors (Lipinski definition) is 2. The lowest BCUT2D eigenvalue weighted by atomic mass is 10.0. The van der Waals surface area contributed by atoms with Crippen molar-refractivity contribution in [2.24, 2.45) is 0 Å². The topological polar surface area (TPSA) is 74.6 Å². The average molecular weight is 360 g/mol. The highest BCUT2D eigenvalue weighted by atomic mass is 28.2. The van der Waals surface area contributed by atoms with Crippen LogP contribution < -0.4 is 5.19 Å². The predicted octanol–water partition coefficient (Wildman–Crippen LogP) is 3.20. The fraction of sp³-hybridized carbons (Fsp3) is 0.0476. The lowest BCUT2D eigenvalue weighted by molar-refractivity contribution is 0.0686. The minimum Gasteiger partial charge on any atom is -0.478 e. The quantitative estimate of drug-likeness (QED) is 0.662. The second-order valence-electron chi connectivity index (χ2n) is 5.80. The molecule has 0 atom stereocenters. The Hall–Kier alpha value is -3.18. The van der Waals surface area contributed by atoms with Gasteiger partial charge in [-0.2, -0.15) is 0 Å². The first-order chi connectivity index (χ1) is 12.5. The Balaban J connectivity index is 1.98. The van der Waals surface area contributed by atoms with Gasteiger partial charge in [-0.15, -0.1) is 0 Å². The van der Waals surface area contributed by atoms with Gasteiger partial charge in [0.2, 0.25) is 0 Å². The van der Waals surface area contributed by atoms with Crippen LogP contribution in [0.1, 0.15) is 37.4 Å². The van der Waals surface area contributed by atoms with Crippen LogP contribution in [-0.2, 0) is 0 Å². The van der Waals surface area contributed by atoms with Gasteiger partial charge >= 0.3 is 11.9 Å². The molecule has 0 fully saturated rings. The molecule has 0 amide bonds. The van der Waals surface area contributed by atoms with Crippen molar-refractivity contribution in [1.82, 2.24) is 0 Å². The van der Waals surface area contributed by atoms with Gasteiger partial charge in [0.1, 0.15) is 0 Å². The Bertz CT molecular complexity index is 846. The van der Waals surface area contributed by atoms with E-state index in [9.17, 15) is 9.59 Å². The summed E-state index contributed by atoms with van der Waals surface area (Å²) < 4.78 is 0. The Morgan fingerprint density at radius 2 is 1.08 bits per heavy atom. The minimum atomic E-state index is -0.954. The number of carboxylic acids is 2. The SMILES string of the molecule is O=C(O)c1ccc(C([Si]c2ccccc2)c2ccc(C(=O)O)cc2)cc1. The van der Waals surface area contributed by atoms with Crippen LogP contribution in [0.3, 0.4) is 0 Å². The van der Waals surface area contributed by atoms with Crippen LogP contribution >= 0.6 is 0 Å². The summed E-state index contributed by atoms with van der Waals surface area (Å²) in [6.45, 7) is 0. The predicted molar refractivity (Wildman–Crippen MR) is 100 cm³/mol. The van der Waals surface area contributed by atoms with Crippen molar-refractivity contribution in [2.75, 3.05) is 0 Å². The van der Waals surface area contributed by atoms with Gasteiger partial charge < -0.3 is 10.2 Å². The highest BCUT2D eigenvalue weighted by molar-refractivity contribution is 6.55. The van der Waals surface area contributed by atoms with Crippen molar-refractivity contribution in [3.63, 3.8) is 0 Å². The summed E-state index contributed by atoms with van der Waals surface area (Å²) in [7, 11) is 0.438. The maximum absolute atomic E-state index is 11.1. The van der Waals surface area contributed by atoms with Crippen LogP contribution in [-0.4, -0.2) is 31.7 Å². The number of carbonyl (C=O) groups is 2. The molecule has 0 spiro atoms. The van der Waals surface area contributed by atoms with Gasteiger partial charge in [-0.1, -0.05) is 59.8 Å². The van der Waals surface area contributed by atoms with Crippen molar-refractivity contribution in [2.45, 2.75) is 5.54 Å². The Kier molecular flexibility index (Phi) is 5.29. The molecular formula is C21H16O4Si. The average Bonchev–Trinajstić information content (AvgIpc) is 2.67. The molecule has 128 valence electrons. The summed E-state index contributed by atoms with van der Waals surface area (Å²) in [5, 5.41) is 19.4. The first-order valence-electron chi connectivity index (χ1n) is 8.02. The molecule has 0 saturated heterocycles. The van der Waals surface area contributed by atoms with Crippen LogP contribution in [0.25, 0.3) is 0 Å². The zero-order valence-corrected chi connectivity index (χ0v) is 14.8. The van der Waals surface area contributed by atoms with Crippen LogP contribution in [0, 0.1) is 0 Å². The Labute approximate surface area is 153 Å². The number of benzene rings is 3. The van der Waals surface area contributed by atoms with E-state index in [4.69, 9.17) is 10.2 Å². The van der Waals surface area contributed by atoms with Crippen molar-refractivity contribution < 1.29 is 19.8 Å². The van der Waals surface area contributed by atoms with E-state index in [0.29, 0.717) is 9.52 Å². The molecule has 4 nitrogen and oxygen atoms in total. The molecule has 2 radical (unpaired) electrons. The standard InChI is InChI=1S/C21H16O4Si/c22-20(23)16-10-6-14(7-11-16)19(26-18-4-2-1-3-5-18)15-8-12-17(13-9-15)21(24)25/h1-13,19H,(H,22,23)(H,24,25). The smallest absolute Gasteiger partial charge is 0.335 e. The van der Waals surface area contributed by atoms with Gasteiger partial charge in [-0.05, 0) is 35.4 Å². The lowest BCUT2D eigenvalue weighted by Crippen LogP contribution is -2.23. The Morgan fingerprint density at radius 1 is 0.654 bits per heavy atom. The van der Waals surface area contributed by atoms with Crippen molar-refractivity contribution in [1.29, 1.82) is 0 Å². The third-order valence-electron chi connectivity index (χ3n) is 4.07. The van der Waals surface area contributed by atoms with Crippen LogP contribution in [0.2, 0.25) is 0 Å². The number of rotatable bonds is 6. The highest BCUT2D eigenvalue weighted by Crippen LogP contribution is 2.24. The number of carboxylic acid groups (broad SMARTS) is 2. The molecular weight excluding hydrogens is 344 g/mol. The summed E-state index contributed by atoms with van der Waals surface area (Å²) in [5.41, 5.74) is 2.53. The summed E-state index contributed by atoms with van der Waals surface area (Å²) in [6, 6.07) is 23.8. The van der Waals surface area contributed by atoms with Gasteiger partial charge in [0, 0.05) is 5.54 Å². The van der Waals surface area contributed by atoms with Gasteiger partial charge in [0.05, 0.1) is 20.6 Å². The molecule has 0 unspecified atom stereocenters. The van der Waals surface area contributed by atoms with E-state index < -0.39 is 11.9 Å². The summed E-state index contributed by atoms with van der Waals surface area (Å²) in [4.78, 5) is 22.2. The van der Waals surface area contributed by atoms with E-state index >= 15 is 0 Å². The molecule has 0 aromatic heterocycles. The van der Waals surface area contributed by atoms with Crippen molar-refractivity contribution in [3.8, 4) is 0 Å². The molecule has 0 aliphatic heterocycles. The molecule has 2 N–H and O–H groups in total. The first-order valence-corrected chi connectivity index (χ1v) is 9.10. The summed E-state index contributed by atoms with van der Waals surface area (Å²) >= 11 is 0. The molecule has 3 aromatic carbocycles. The van der Waals surface area contributed by atoms with Crippen molar-refractivity contribution in [3.05, 3.63) is 101 Å². The molecule has 3 aromatic rings. The molecule has 0 aliphatic carbocycles. The molecule has 0 aliphatic rings. The zero-order chi connectivity index (χ0) is 18.5. The first kappa shape index (κ1) is 17.6. The van der Waals surface area contributed by atoms with E-state index in [2.05, 4.69) is 12.1 Å². The molecule has 0 saturated carbocycles. The molecule has 0 bridgehead atoms. The lowest BCUT2D eigenvalue weighted by Gasteiger charge is -2.18. The third kappa shape index (κ3) is 4.07. The Morgan fingerprint density at radius 3 is 1.46 bits per heavy atom.